The maximum Gasteiger partial charge on any atom is 0.220 e. The van der Waals surface area contributed by atoms with E-state index in [-0.39, 0.29) is 6.04 Å². The average molecular weight is 249 g/mol. The summed E-state index contributed by atoms with van der Waals surface area (Å²) in [5.74, 6) is 2.62. The van der Waals surface area contributed by atoms with Crippen molar-refractivity contribution in [2.24, 2.45) is 10.9 Å². The molecule has 1 aliphatic rings. The lowest BCUT2D eigenvalue weighted by atomic mass is 10.1. The normalized spacial score (nSPS) is 18.5. The summed E-state index contributed by atoms with van der Waals surface area (Å²) < 4.78 is 16.2. The Balaban J connectivity index is 2.31. The van der Waals surface area contributed by atoms with Crippen LogP contribution >= 0.6 is 0 Å². The number of hydrogen-bond acceptors (Lipinski definition) is 4. The van der Waals surface area contributed by atoms with Crippen LogP contribution in [0.5, 0.6) is 11.5 Å². The molecule has 1 heterocycles. The van der Waals surface area contributed by atoms with Crippen LogP contribution in [0.2, 0.25) is 0 Å². The van der Waals surface area contributed by atoms with Gasteiger partial charge >= 0.3 is 0 Å². The number of ether oxygens (including phenoxy) is 3. The van der Waals surface area contributed by atoms with Crippen LogP contribution in [0.1, 0.15) is 19.4 Å². The van der Waals surface area contributed by atoms with E-state index in [0.29, 0.717) is 18.4 Å². The molecule has 0 aliphatic carbocycles. The third-order valence-corrected chi connectivity index (χ3v) is 3.08. The quantitative estimate of drug-likeness (QED) is 0.823. The van der Waals surface area contributed by atoms with Crippen molar-refractivity contribution < 1.29 is 14.2 Å². The van der Waals surface area contributed by atoms with Crippen molar-refractivity contribution in [2.45, 2.75) is 19.9 Å². The first-order chi connectivity index (χ1) is 8.65. The standard InChI is InChI=1S/C14H19NO3/c1-9(2)12-8-18-14(15-12)11-6-5-10(16-3)7-13(11)17-4/h5-7,9,12H,8H2,1-4H3/t12-/m1/s1. The van der Waals surface area contributed by atoms with Crippen LogP contribution in [0.4, 0.5) is 0 Å². The fourth-order valence-corrected chi connectivity index (χ4v) is 1.85. The molecule has 0 radical (unpaired) electrons. The number of rotatable bonds is 4. The van der Waals surface area contributed by atoms with E-state index in [1.54, 1.807) is 14.2 Å². The van der Waals surface area contributed by atoms with E-state index in [1.165, 1.54) is 0 Å². The van der Waals surface area contributed by atoms with Crippen LogP contribution in [-0.2, 0) is 4.74 Å². The summed E-state index contributed by atoms with van der Waals surface area (Å²) in [7, 11) is 3.26. The predicted molar refractivity (Wildman–Crippen MR) is 70.7 cm³/mol. The van der Waals surface area contributed by atoms with Crippen LogP contribution in [0.25, 0.3) is 0 Å². The molecule has 98 valence electrons. The Kier molecular flexibility index (Phi) is 3.75. The number of benzene rings is 1. The highest BCUT2D eigenvalue weighted by molar-refractivity contribution is 5.98. The molecule has 0 saturated heterocycles. The molecule has 0 amide bonds. The summed E-state index contributed by atoms with van der Waals surface area (Å²) in [5, 5.41) is 0. The van der Waals surface area contributed by atoms with Crippen LogP contribution < -0.4 is 9.47 Å². The maximum absolute atomic E-state index is 5.66. The van der Waals surface area contributed by atoms with Crippen LogP contribution in [-0.4, -0.2) is 32.8 Å². The summed E-state index contributed by atoms with van der Waals surface area (Å²) in [6.45, 7) is 4.93. The number of aliphatic imine (C=N–C) groups is 1. The Morgan fingerprint density at radius 2 is 2.06 bits per heavy atom. The summed E-state index contributed by atoms with van der Waals surface area (Å²) in [6.07, 6.45) is 0. The second-order valence-corrected chi connectivity index (χ2v) is 4.62. The fourth-order valence-electron chi connectivity index (χ4n) is 1.85. The lowest BCUT2D eigenvalue weighted by Gasteiger charge is -2.09. The minimum absolute atomic E-state index is 0.229. The van der Waals surface area contributed by atoms with E-state index in [1.807, 2.05) is 18.2 Å². The van der Waals surface area contributed by atoms with Gasteiger partial charge in [-0.1, -0.05) is 13.8 Å². The van der Waals surface area contributed by atoms with Crippen molar-refractivity contribution in [3.63, 3.8) is 0 Å². The van der Waals surface area contributed by atoms with Gasteiger partial charge in [0.25, 0.3) is 0 Å². The van der Waals surface area contributed by atoms with Gasteiger partial charge in [-0.3, -0.25) is 0 Å². The van der Waals surface area contributed by atoms with Gasteiger partial charge < -0.3 is 14.2 Å². The zero-order valence-electron chi connectivity index (χ0n) is 11.3. The van der Waals surface area contributed by atoms with Gasteiger partial charge in [0.15, 0.2) is 0 Å². The van der Waals surface area contributed by atoms with E-state index in [9.17, 15) is 0 Å². The Labute approximate surface area is 108 Å². The van der Waals surface area contributed by atoms with Crippen molar-refractivity contribution >= 4 is 5.90 Å². The predicted octanol–water partition coefficient (Wildman–Crippen LogP) is 2.51. The molecule has 0 bridgehead atoms. The first-order valence-electron chi connectivity index (χ1n) is 6.08. The molecule has 4 nitrogen and oxygen atoms in total. The summed E-state index contributed by atoms with van der Waals surface area (Å²) >= 11 is 0. The molecule has 1 aromatic carbocycles. The van der Waals surface area contributed by atoms with E-state index in [2.05, 4.69) is 18.8 Å². The Bertz CT molecular complexity index is 454. The molecule has 0 unspecified atom stereocenters. The SMILES string of the molecule is COc1ccc(C2=N[C@@H](C(C)C)CO2)c(OC)c1. The molecule has 18 heavy (non-hydrogen) atoms. The highest BCUT2D eigenvalue weighted by Crippen LogP contribution is 2.28. The second-order valence-electron chi connectivity index (χ2n) is 4.62. The second kappa shape index (κ2) is 5.29. The molecule has 1 aliphatic heterocycles. The lowest BCUT2D eigenvalue weighted by molar-refractivity contribution is 0.290. The number of methoxy groups -OCH3 is 2. The van der Waals surface area contributed by atoms with Crippen molar-refractivity contribution in [2.75, 3.05) is 20.8 Å². The van der Waals surface area contributed by atoms with Crippen molar-refractivity contribution in [1.29, 1.82) is 0 Å². The Hall–Kier alpha value is -1.71. The summed E-state index contributed by atoms with van der Waals surface area (Å²) in [6, 6.07) is 5.86. The topological polar surface area (TPSA) is 40.0 Å². The van der Waals surface area contributed by atoms with Gasteiger partial charge in [0.1, 0.15) is 18.1 Å². The van der Waals surface area contributed by atoms with Crippen LogP contribution in [0, 0.1) is 5.92 Å². The van der Waals surface area contributed by atoms with E-state index in [4.69, 9.17) is 14.2 Å². The molecule has 1 atom stereocenters. The first-order valence-corrected chi connectivity index (χ1v) is 6.08. The van der Waals surface area contributed by atoms with Gasteiger partial charge in [-0.05, 0) is 18.1 Å². The molecule has 0 spiro atoms. The fraction of sp³-hybridized carbons (Fsp3) is 0.500. The summed E-state index contributed by atoms with van der Waals surface area (Å²) in [5.41, 5.74) is 0.876. The van der Waals surface area contributed by atoms with Gasteiger partial charge in [0.2, 0.25) is 5.90 Å². The minimum atomic E-state index is 0.229. The van der Waals surface area contributed by atoms with Crippen LogP contribution in [0.3, 0.4) is 0 Å². The molecular weight excluding hydrogens is 230 g/mol. The van der Waals surface area contributed by atoms with Gasteiger partial charge in [-0.25, -0.2) is 4.99 Å². The van der Waals surface area contributed by atoms with Crippen LogP contribution in [0.15, 0.2) is 23.2 Å². The van der Waals surface area contributed by atoms with Gasteiger partial charge in [-0.2, -0.15) is 0 Å². The van der Waals surface area contributed by atoms with Gasteiger partial charge in [0, 0.05) is 6.07 Å². The van der Waals surface area contributed by atoms with E-state index < -0.39 is 0 Å². The molecule has 0 N–H and O–H groups in total. The molecular formula is C14H19NO3. The van der Waals surface area contributed by atoms with Gasteiger partial charge in [0.05, 0.1) is 25.8 Å². The molecule has 0 aromatic heterocycles. The van der Waals surface area contributed by atoms with Crippen molar-refractivity contribution in [3.05, 3.63) is 23.8 Å². The Morgan fingerprint density at radius 1 is 1.28 bits per heavy atom. The lowest BCUT2D eigenvalue weighted by Crippen LogP contribution is -2.13. The molecule has 1 aromatic rings. The van der Waals surface area contributed by atoms with E-state index in [0.717, 1.165) is 17.1 Å². The monoisotopic (exact) mass is 249 g/mol. The third-order valence-electron chi connectivity index (χ3n) is 3.08. The molecule has 0 saturated carbocycles. The Morgan fingerprint density at radius 3 is 2.61 bits per heavy atom. The average Bonchev–Trinajstić information content (AvgIpc) is 2.87. The molecule has 4 heteroatoms. The zero-order valence-corrected chi connectivity index (χ0v) is 11.3. The zero-order chi connectivity index (χ0) is 13.1. The first kappa shape index (κ1) is 12.7. The smallest absolute Gasteiger partial charge is 0.220 e. The largest absolute Gasteiger partial charge is 0.497 e. The molecule has 0 fully saturated rings. The van der Waals surface area contributed by atoms with Crippen molar-refractivity contribution in [1.82, 2.24) is 0 Å². The maximum atomic E-state index is 5.66. The number of nitrogens with zero attached hydrogens (tertiary/aromatic N) is 1. The van der Waals surface area contributed by atoms with Crippen molar-refractivity contribution in [3.8, 4) is 11.5 Å². The highest BCUT2D eigenvalue weighted by atomic mass is 16.5. The third kappa shape index (κ3) is 2.42. The molecule has 2 rings (SSSR count). The van der Waals surface area contributed by atoms with Gasteiger partial charge in [-0.15, -0.1) is 0 Å². The highest BCUT2D eigenvalue weighted by Gasteiger charge is 2.24. The van der Waals surface area contributed by atoms with E-state index >= 15 is 0 Å². The minimum Gasteiger partial charge on any atom is -0.497 e. The number of hydrogen-bond donors (Lipinski definition) is 0. The summed E-state index contributed by atoms with van der Waals surface area (Å²) in [4.78, 5) is 4.60.